The number of rotatable bonds is 5. The highest BCUT2D eigenvalue weighted by molar-refractivity contribution is 5.77. The van der Waals surface area contributed by atoms with Crippen molar-refractivity contribution < 1.29 is 19.1 Å². The highest BCUT2D eigenvalue weighted by atomic mass is 16.5. The maximum Gasteiger partial charge on any atom is 0.320 e. The summed E-state index contributed by atoms with van der Waals surface area (Å²) in [6.45, 7) is 8.08. The first-order valence-electron chi connectivity index (χ1n) is 6.92. The number of piperidine rings is 1. The summed E-state index contributed by atoms with van der Waals surface area (Å²) in [5, 5.41) is 0. The van der Waals surface area contributed by atoms with Gasteiger partial charge < -0.3 is 9.47 Å². The molecule has 1 heterocycles. The van der Waals surface area contributed by atoms with E-state index in [0.717, 1.165) is 25.9 Å². The Balaban J connectivity index is 2.58. The molecule has 1 fully saturated rings. The fraction of sp³-hybridized carbons (Fsp3) is 0.857. The minimum Gasteiger partial charge on any atom is -0.469 e. The SMILES string of the molecule is CCOC(=O)CN1CCC(C(=O)OC)(C(C)C)CC1. The van der Waals surface area contributed by atoms with Gasteiger partial charge in [0, 0.05) is 0 Å². The van der Waals surface area contributed by atoms with Crippen LogP contribution in [0.2, 0.25) is 0 Å². The van der Waals surface area contributed by atoms with Crippen LogP contribution in [0, 0.1) is 11.3 Å². The molecule has 0 amide bonds. The lowest BCUT2D eigenvalue weighted by Crippen LogP contribution is -2.49. The van der Waals surface area contributed by atoms with E-state index in [0.29, 0.717) is 13.2 Å². The van der Waals surface area contributed by atoms with Crippen molar-refractivity contribution in [2.24, 2.45) is 11.3 Å². The van der Waals surface area contributed by atoms with Gasteiger partial charge in [0.2, 0.25) is 0 Å². The molecule has 0 N–H and O–H groups in total. The summed E-state index contributed by atoms with van der Waals surface area (Å²) in [6, 6.07) is 0. The third-order valence-electron chi connectivity index (χ3n) is 4.10. The van der Waals surface area contributed by atoms with Gasteiger partial charge in [0.1, 0.15) is 0 Å². The quantitative estimate of drug-likeness (QED) is 0.709. The second-order valence-corrected chi connectivity index (χ2v) is 5.38. The van der Waals surface area contributed by atoms with Crippen LogP contribution in [-0.2, 0) is 19.1 Å². The van der Waals surface area contributed by atoms with Crippen LogP contribution >= 0.6 is 0 Å². The van der Waals surface area contributed by atoms with Gasteiger partial charge >= 0.3 is 11.9 Å². The van der Waals surface area contributed by atoms with Crippen LogP contribution in [-0.4, -0.2) is 50.2 Å². The van der Waals surface area contributed by atoms with Gasteiger partial charge in [-0.05, 0) is 38.8 Å². The lowest BCUT2D eigenvalue weighted by molar-refractivity contribution is -0.160. The Bertz CT molecular complexity index is 319. The zero-order valence-corrected chi connectivity index (χ0v) is 12.4. The molecule has 0 radical (unpaired) electrons. The van der Waals surface area contributed by atoms with Crippen LogP contribution in [0.3, 0.4) is 0 Å². The Kier molecular flexibility index (Phi) is 5.79. The summed E-state index contributed by atoms with van der Waals surface area (Å²) in [5.41, 5.74) is -0.403. The standard InChI is InChI=1S/C14H25NO4/c1-5-19-12(16)10-15-8-6-14(7-9-15,11(2)3)13(17)18-4/h11H,5-10H2,1-4H3. The van der Waals surface area contributed by atoms with Gasteiger partial charge in [0.15, 0.2) is 0 Å². The lowest BCUT2D eigenvalue weighted by Gasteiger charge is -2.41. The maximum absolute atomic E-state index is 12.0. The second-order valence-electron chi connectivity index (χ2n) is 5.38. The fourth-order valence-electron chi connectivity index (χ4n) is 2.72. The van der Waals surface area contributed by atoms with Gasteiger partial charge in [-0.1, -0.05) is 13.8 Å². The molecule has 0 saturated carbocycles. The number of methoxy groups -OCH3 is 1. The second kappa shape index (κ2) is 6.89. The predicted octanol–water partition coefficient (Wildman–Crippen LogP) is 1.46. The molecule has 5 heteroatoms. The normalized spacial score (nSPS) is 19.2. The monoisotopic (exact) mass is 271 g/mol. The molecule has 1 aliphatic heterocycles. The summed E-state index contributed by atoms with van der Waals surface area (Å²) >= 11 is 0. The topological polar surface area (TPSA) is 55.8 Å². The van der Waals surface area contributed by atoms with E-state index in [4.69, 9.17) is 9.47 Å². The molecule has 19 heavy (non-hydrogen) atoms. The van der Waals surface area contributed by atoms with Gasteiger partial charge in [-0.3, -0.25) is 14.5 Å². The van der Waals surface area contributed by atoms with E-state index in [1.54, 1.807) is 6.92 Å². The summed E-state index contributed by atoms with van der Waals surface area (Å²) < 4.78 is 9.90. The van der Waals surface area contributed by atoms with E-state index in [1.807, 2.05) is 4.90 Å². The number of hydrogen-bond donors (Lipinski definition) is 0. The lowest BCUT2D eigenvalue weighted by atomic mass is 9.70. The first-order chi connectivity index (χ1) is 8.96. The summed E-state index contributed by atoms with van der Waals surface area (Å²) in [4.78, 5) is 25.5. The van der Waals surface area contributed by atoms with Crippen LogP contribution in [0.1, 0.15) is 33.6 Å². The summed E-state index contributed by atoms with van der Waals surface area (Å²) in [5.74, 6) is -0.0828. The summed E-state index contributed by atoms with van der Waals surface area (Å²) in [7, 11) is 1.44. The van der Waals surface area contributed by atoms with E-state index in [1.165, 1.54) is 7.11 Å². The smallest absolute Gasteiger partial charge is 0.320 e. The van der Waals surface area contributed by atoms with Crippen molar-refractivity contribution in [3.8, 4) is 0 Å². The highest BCUT2D eigenvalue weighted by Crippen LogP contribution is 2.39. The molecule has 1 aliphatic rings. The molecule has 5 nitrogen and oxygen atoms in total. The number of carbonyl (C=O) groups is 2. The number of nitrogens with zero attached hydrogens (tertiary/aromatic N) is 1. The van der Waals surface area contributed by atoms with Gasteiger partial charge in [0.05, 0.1) is 25.7 Å². The molecule has 1 rings (SSSR count). The molecule has 0 aromatic heterocycles. The van der Waals surface area contributed by atoms with Crippen LogP contribution < -0.4 is 0 Å². The van der Waals surface area contributed by atoms with E-state index < -0.39 is 5.41 Å². The molecule has 0 aromatic carbocycles. The van der Waals surface area contributed by atoms with E-state index in [-0.39, 0.29) is 17.9 Å². The Morgan fingerprint density at radius 2 is 1.84 bits per heavy atom. The van der Waals surface area contributed by atoms with Crippen molar-refractivity contribution in [3.05, 3.63) is 0 Å². The molecule has 110 valence electrons. The Labute approximate surface area is 115 Å². The zero-order chi connectivity index (χ0) is 14.5. The van der Waals surface area contributed by atoms with Crippen LogP contribution in [0.25, 0.3) is 0 Å². The third-order valence-corrected chi connectivity index (χ3v) is 4.10. The van der Waals surface area contributed by atoms with Gasteiger partial charge in [-0.25, -0.2) is 0 Å². The number of ether oxygens (including phenoxy) is 2. The van der Waals surface area contributed by atoms with Crippen molar-refractivity contribution >= 4 is 11.9 Å². The summed E-state index contributed by atoms with van der Waals surface area (Å²) in [6.07, 6.45) is 1.47. The Hall–Kier alpha value is -1.10. The fourth-order valence-corrected chi connectivity index (χ4v) is 2.72. The molecule has 0 bridgehead atoms. The molecule has 0 aromatic rings. The molecule has 1 saturated heterocycles. The number of hydrogen-bond acceptors (Lipinski definition) is 5. The highest BCUT2D eigenvalue weighted by Gasteiger charge is 2.45. The van der Waals surface area contributed by atoms with Crippen LogP contribution in [0.4, 0.5) is 0 Å². The van der Waals surface area contributed by atoms with Crippen molar-refractivity contribution in [3.63, 3.8) is 0 Å². The number of esters is 2. The first-order valence-corrected chi connectivity index (χ1v) is 6.92. The minimum absolute atomic E-state index is 0.127. The van der Waals surface area contributed by atoms with Gasteiger partial charge in [-0.15, -0.1) is 0 Å². The van der Waals surface area contributed by atoms with Crippen LogP contribution in [0.5, 0.6) is 0 Å². The molecular formula is C14H25NO4. The average molecular weight is 271 g/mol. The molecular weight excluding hydrogens is 246 g/mol. The molecule has 0 aliphatic carbocycles. The van der Waals surface area contributed by atoms with Crippen LogP contribution in [0.15, 0.2) is 0 Å². The first kappa shape index (κ1) is 16.0. The third kappa shape index (κ3) is 3.69. The largest absolute Gasteiger partial charge is 0.469 e. The Morgan fingerprint density at radius 3 is 2.26 bits per heavy atom. The van der Waals surface area contributed by atoms with Crippen molar-refractivity contribution in [2.45, 2.75) is 33.6 Å². The zero-order valence-electron chi connectivity index (χ0n) is 12.4. The van der Waals surface area contributed by atoms with E-state index >= 15 is 0 Å². The van der Waals surface area contributed by atoms with E-state index in [9.17, 15) is 9.59 Å². The molecule has 0 unspecified atom stereocenters. The predicted molar refractivity (Wildman–Crippen MR) is 71.6 cm³/mol. The minimum atomic E-state index is -0.403. The number of likely N-dealkylation sites (tertiary alicyclic amines) is 1. The van der Waals surface area contributed by atoms with Crippen molar-refractivity contribution in [1.82, 2.24) is 4.90 Å². The number of carbonyl (C=O) groups excluding carboxylic acids is 2. The van der Waals surface area contributed by atoms with Crippen molar-refractivity contribution in [2.75, 3.05) is 33.4 Å². The Morgan fingerprint density at radius 1 is 1.26 bits per heavy atom. The van der Waals surface area contributed by atoms with Gasteiger partial charge in [0.25, 0.3) is 0 Å². The van der Waals surface area contributed by atoms with Crippen molar-refractivity contribution in [1.29, 1.82) is 0 Å². The maximum atomic E-state index is 12.0. The van der Waals surface area contributed by atoms with Gasteiger partial charge in [-0.2, -0.15) is 0 Å². The van der Waals surface area contributed by atoms with E-state index in [2.05, 4.69) is 13.8 Å². The average Bonchev–Trinajstić information content (AvgIpc) is 2.38. The molecule has 0 atom stereocenters. The molecule has 0 spiro atoms.